The van der Waals surface area contributed by atoms with E-state index in [9.17, 15) is 5.26 Å². The van der Waals surface area contributed by atoms with Crippen LogP contribution < -0.4 is 0 Å². The van der Waals surface area contributed by atoms with Crippen LogP contribution in [-0.4, -0.2) is 19.9 Å². The number of rotatable bonds is 6. The van der Waals surface area contributed by atoms with Crippen molar-refractivity contribution < 1.29 is 0 Å². The number of nitrogens with zero attached hydrogens (tertiary/aromatic N) is 5. The highest BCUT2D eigenvalue weighted by molar-refractivity contribution is 6.24. The van der Waals surface area contributed by atoms with E-state index < -0.39 is 0 Å². The van der Waals surface area contributed by atoms with Crippen molar-refractivity contribution in [1.29, 1.82) is 5.26 Å². The van der Waals surface area contributed by atoms with Crippen LogP contribution in [0.2, 0.25) is 0 Å². The smallest absolute Gasteiger partial charge is 0.164 e. The molecule has 60 heavy (non-hydrogen) atoms. The van der Waals surface area contributed by atoms with E-state index in [2.05, 4.69) is 109 Å². The van der Waals surface area contributed by atoms with E-state index in [1.165, 1.54) is 10.8 Å². The van der Waals surface area contributed by atoms with Crippen LogP contribution in [0.15, 0.2) is 200 Å². The number of nitriles is 1. The summed E-state index contributed by atoms with van der Waals surface area (Å²) < 4.78 is 0. The van der Waals surface area contributed by atoms with Gasteiger partial charge in [0.25, 0.3) is 0 Å². The van der Waals surface area contributed by atoms with Crippen molar-refractivity contribution in [2.24, 2.45) is 0 Å². The summed E-state index contributed by atoms with van der Waals surface area (Å²) in [5.41, 5.74) is 11.0. The summed E-state index contributed by atoms with van der Waals surface area (Å²) in [4.78, 5) is 20.0. The Morgan fingerprint density at radius 2 is 0.817 bits per heavy atom. The molecule has 278 valence electrons. The second-order valence-corrected chi connectivity index (χ2v) is 14.9. The van der Waals surface area contributed by atoms with Gasteiger partial charge in [0.2, 0.25) is 0 Å². The molecule has 0 N–H and O–H groups in total. The van der Waals surface area contributed by atoms with Crippen LogP contribution in [-0.2, 0) is 0 Å². The number of pyridine rings is 1. The maximum absolute atomic E-state index is 9.46. The highest BCUT2D eigenvalue weighted by Gasteiger charge is 2.19. The minimum Gasteiger partial charge on any atom is -0.256 e. The van der Waals surface area contributed by atoms with E-state index in [1.807, 2.05) is 97.2 Å². The lowest BCUT2D eigenvalue weighted by atomic mass is 9.87. The van der Waals surface area contributed by atoms with Crippen molar-refractivity contribution in [2.45, 2.75) is 0 Å². The lowest BCUT2D eigenvalue weighted by molar-refractivity contribution is 1.07. The molecule has 0 amide bonds. The molecule has 0 spiro atoms. The normalized spacial score (nSPS) is 11.3. The Morgan fingerprint density at radius 3 is 1.48 bits per heavy atom. The molecule has 0 aliphatic heterocycles. The van der Waals surface area contributed by atoms with E-state index >= 15 is 0 Å². The minimum atomic E-state index is 0.619. The second kappa shape index (κ2) is 14.6. The molecule has 5 heteroatoms. The molecule has 0 atom stereocenters. The fourth-order valence-electron chi connectivity index (χ4n) is 8.54. The molecule has 0 fully saturated rings. The molecule has 0 saturated carbocycles. The topological polar surface area (TPSA) is 75.3 Å². The van der Waals surface area contributed by atoms with E-state index in [0.29, 0.717) is 23.0 Å². The number of hydrogen-bond acceptors (Lipinski definition) is 5. The summed E-state index contributed by atoms with van der Waals surface area (Å²) in [6, 6.07) is 69.3. The Bertz CT molecular complexity index is 3420. The largest absolute Gasteiger partial charge is 0.256 e. The van der Waals surface area contributed by atoms with Crippen LogP contribution in [0.1, 0.15) is 5.56 Å². The molecule has 0 aliphatic carbocycles. The Labute approximate surface area is 346 Å². The maximum atomic E-state index is 9.46. The van der Waals surface area contributed by atoms with E-state index in [-0.39, 0.29) is 0 Å². The minimum absolute atomic E-state index is 0.619. The molecule has 2 heterocycles. The monoisotopic (exact) mass is 763 g/mol. The lowest BCUT2D eigenvalue weighted by Gasteiger charge is -2.17. The summed E-state index contributed by atoms with van der Waals surface area (Å²) in [6.07, 6.45) is 1.88. The van der Waals surface area contributed by atoms with Crippen molar-refractivity contribution >= 4 is 43.2 Å². The highest BCUT2D eigenvalue weighted by Crippen LogP contribution is 2.44. The zero-order chi connectivity index (χ0) is 40.0. The summed E-state index contributed by atoms with van der Waals surface area (Å²) in [6.45, 7) is 0. The summed E-state index contributed by atoms with van der Waals surface area (Å²) in [7, 11) is 0. The molecule has 5 nitrogen and oxygen atoms in total. The highest BCUT2D eigenvalue weighted by atomic mass is 15.0. The molecule has 0 aliphatic rings. The Morgan fingerprint density at radius 1 is 0.317 bits per heavy atom. The van der Waals surface area contributed by atoms with E-state index in [1.54, 1.807) is 0 Å². The second-order valence-electron chi connectivity index (χ2n) is 14.9. The Kier molecular flexibility index (Phi) is 8.46. The van der Waals surface area contributed by atoms with Gasteiger partial charge in [0.1, 0.15) is 0 Å². The first-order valence-corrected chi connectivity index (χ1v) is 19.9. The third-order valence-corrected chi connectivity index (χ3v) is 11.4. The van der Waals surface area contributed by atoms with Crippen molar-refractivity contribution in [2.75, 3.05) is 0 Å². The third kappa shape index (κ3) is 6.03. The van der Waals surface area contributed by atoms with Crippen molar-refractivity contribution in [3.8, 4) is 73.6 Å². The Hall–Kier alpha value is -8.33. The van der Waals surface area contributed by atoms with Crippen molar-refractivity contribution in [3.05, 3.63) is 206 Å². The van der Waals surface area contributed by atoms with Gasteiger partial charge in [-0.1, -0.05) is 158 Å². The van der Waals surface area contributed by atoms with E-state index in [0.717, 1.165) is 82.5 Å². The van der Waals surface area contributed by atoms with Gasteiger partial charge >= 0.3 is 0 Å². The van der Waals surface area contributed by atoms with Crippen molar-refractivity contribution in [3.63, 3.8) is 0 Å². The average molecular weight is 764 g/mol. The zero-order valence-corrected chi connectivity index (χ0v) is 32.3. The molecule has 9 aromatic carbocycles. The summed E-state index contributed by atoms with van der Waals surface area (Å²) >= 11 is 0. The maximum Gasteiger partial charge on any atom is 0.164 e. The van der Waals surface area contributed by atoms with Crippen LogP contribution in [0.3, 0.4) is 0 Å². The zero-order valence-electron chi connectivity index (χ0n) is 32.3. The molecule has 11 rings (SSSR count). The van der Waals surface area contributed by atoms with Gasteiger partial charge in [0.15, 0.2) is 17.5 Å². The van der Waals surface area contributed by atoms with Crippen LogP contribution in [0.5, 0.6) is 0 Å². The van der Waals surface area contributed by atoms with Crippen LogP contribution in [0.4, 0.5) is 0 Å². The van der Waals surface area contributed by atoms with Crippen LogP contribution >= 0.6 is 0 Å². The molecule has 0 radical (unpaired) electrons. The molecular weight excluding hydrogens is 731 g/mol. The van der Waals surface area contributed by atoms with Gasteiger partial charge in [-0.25, -0.2) is 15.0 Å². The van der Waals surface area contributed by atoms with Gasteiger partial charge in [-0.15, -0.1) is 0 Å². The summed E-state index contributed by atoms with van der Waals surface area (Å²) in [5, 5.41) is 17.5. The van der Waals surface area contributed by atoms with Gasteiger partial charge in [-0.2, -0.15) is 5.26 Å². The third-order valence-electron chi connectivity index (χ3n) is 11.4. The van der Waals surface area contributed by atoms with Gasteiger partial charge < -0.3 is 0 Å². The quantitative estimate of drug-likeness (QED) is 0.158. The Balaban J connectivity index is 1.08. The molecule has 0 bridgehead atoms. The van der Waals surface area contributed by atoms with Crippen LogP contribution in [0, 0.1) is 11.3 Å². The number of fused-ring (bicyclic) bond motifs is 6. The van der Waals surface area contributed by atoms with E-state index in [4.69, 9.17) is 19.9 Å². The first-order valence-electron chi connectivity index (χ1n) is 19.9. The summed E-state index contributed by atoms with van der Waals surface area (Å²) in [5.74, 6) is 1.89. The first-order chi connectivity index (χ1) is 29.7. The van der Waals surface area contributed by atoms with Gasteiger partial charge in [-0.3, -0.25) is 4.98 Å². The van der Waals surface area contributed by atoms with Crippen LogP contribution in [0.25, 0.3) is 111 Å². The number of aromatic nitrogens is 4. The fraction of sp³-hybridized carbons (Fsp3) is 0. The molecule has 11 aromatic rings. The standard InChI is InChI=1S/C55H33N5/c56-34-35-24-26-36(27-25-35)48-32-50-47-23-12-30-57-52(47)51(33-49(50)45-22-10-9-21-44(45)48)46-29-28-41(42-19-7-8-20-43(42)46)39-17-11-18-40(31-39)55-59-53(37-13-3-1-4-14-37)58-54(60-55)38-15-5-2-6-16-38/h1-33H. The van der Waals surface area contributed by atoms with Gasteiger partial charge in [-0.05, 0) is 96.5 Å². The predicted molar refractivity (Wildman–Crippen MR) is 245 cm³/mol. The molecule has 0 saturated heterocycles. The van der Waals surface area contributed by atoms with Gasteiger partial charge in [0, 0.05) is 33.8 Å². The first kappa shape index (κ1) is 34.9. The molecule has 2 aromatic heterocycles. The fourth-order valence-corrected chi connectivity index (χ4v) is 8.54. The van der Waals surface area contributed by atoms with Gasteiger partial charge in [0.05, 0.1) is 17.1 Å². The SMILES string of the molecule is N#Cc1ccc(-c2cc3c4cccnc4c(-c4ccc(-c5cccc(-c6nc(-c7ccccc7)nc(-c7ccccc7)n6)c5)c5ccccc45)cc3c3ccccc23)cc1. The molecular formula is C55H33N5. The van der Waals surface area contributed by atoms with Crippen molar-refractivity contribution in [1.82, 2.24) is 19.9 Å². The molecule has 0 unspecified atom stereocenters. The lowest BCUT2D eigenvalue weighted by Crippen LogP contribution is -2.00. The number of benzene rings is 9. The number of hydrogen-bond donors (Lipinski definition) is 0. The average Bonchev–Trinajstić information content (AvgIpc) is 3.33. The predicted octanol–water partition coefficient (Wildman–Crippen LogP) is 13.8.